The zero-order valence-electron chi connectivity index (χ0n) is 11.1. The molecule has 0 fully saturated rings. The number of fused-ring (bicyclic) bond motifs is 1. The van der Waals surface area contributed by atoms with E-state index in [1.807, 2.05) is 43.0 Å². The Morgan fingerprint density at radius 1 is 1.16 bits per heavy atom. The summed E-state index contributed by atoms with van der Waals surface area (Å²) in [4.78, 5) is 4.64. The first-order valence-electron chi connectivity index (χ1n) is 6.34. The molecular formula is C15H16N4. The Morgan fingerprint density at radius 3 is 2.79 bits per heavy atom. The highest BCUT2D eigenvalue weighted by Gasteiger charge is 2.07. The molecule has 0 aliphatic carbocycles. The van der Waals surface area contributed by atoms with E-state index in [-0.39, 0.29) is 0 Å². The number of aromatic nitrogens is 3. The number of nitrogens with one attached hydrogen (secondary N) is 1. The molecule has 0 unspecified atom stereocenters. The molecule has 3 aromatic rings. The minimum atomic E-state index is 0.832. The Morgan fingerprint density at radius 2 is 2.00 bits per heavy atom. The molecule has 0 saturated carbocycles. The van der Waals surface area contributed by atoms with E-state index in [9.17, 15) is 0 Å². The third-order valence-corrected chi connectivity index (χ3v) is 3.24. The fourth-order valence-electron chi connectivity index (χ4n) is 2.23. The van der Waals surface area contributed by atoms with Gasteiger partial charge in [-0.15, -0.1) is 0 Å². The SMILES string of the molecule is CNCc1ccc(-n2ncc3ccccc32)nc1C. The van der Waals surface area contributed by atoms with Crippen LogP contribution in [0, 0.1) is 6.92 Å². The fourth-order valence-corrected chi connectivity index (χ4v) is 2.23. The Labute approximate surface area is 112 Å². The van der Waals surface area contributed by atoms with Gasteiger partial charge in [0.25, 0.3) is 0 Å². The average Bonchev–Trinajstić information content (AvgIpc) is 2.85. The van der Waals surface area contributed by atoms with Crippen molar-refractivity contribution in [3.05, 3.63) is 53.9 Å². The lowest BCUT2D eigenvalue weighted by molar-refractivity contribution is 0.795. The predicted octanol–water partition coefficient (Wildman–Crippen LogP) is 2.45. The largest absolute Gasteiger partial charge is 0.316 e. The molecule has 19 heavy (non-hydrogen) atoms. The molecular weight excluding hydrogens is 236 g/mol. The molecule has 0 atom stereocenters. The molecule has 3 rings (SSSR count). The van der Waals surface area contributed by atoms with E-state index in [0.717, 1.165) is 29.0 Å². The van der Waals surface area contributed by atoms with Crippen molar-refractivity contribution >= 4 is 10.9 Å². The third-order valence-electron chi connectivity index (χ3n) is 3.24. The molecule has 96 valence electrons. The highest BCUT2D eigenvalue weighted by atomic mass is 15.3. The molecule has 1 aromatic carbocycles. The van der Waals surface area contributed by atoms with Crippen molar-refractivity contribution in [3.8, 4) is 5.82 Å². The van der Waals surface area contributed by atoms with Gasteiger partial charge in [0.1, 0.15) is 0 Å². The summed E-state index contributed by atoms with van der Waals surface area (Å²) < 4.78 is 1.88. The van der Waals surface area contributed by atoms with Crippen LogP contribution in [-0.2, 0) is 6.54 Å². The van der Waals surface area contributed by atoms with E-state index in [2.05, 4.69) is 33.6 Å². The van der Waals surface area contributed by atoms with Gasteiger partial charge in [-0.2, -0.15) is 5.10 Å². The van der Waals surface area contributed by atoms with Gasteiger partial charge in [-0.1, -0.05) is 24.3 Å². The first-order chi connectivity index (χ1) is 9.29. The Hall–Kier alpha value is -2.20. The maximum absolute atomic E-state index is 4.64. The molecule has 2 heterocycles. The summed E-state index contributed by atoms with van der Waals surface area (Å²) in [7, 11) is 1.94. The second-order valence-corrected chi connectivity index (χ2v) is 4.56. The van der Waals surface area contributed by atoms with Gasteiger partial charge < -0.3 is 5.32 Å². The van der Waals surface area contributed by atoms with Crippen molar-refractivity contribution in [3.63, 3.8) is 0 Å². The summed E-state index contributed by atoms with van der Waals surface area (Å²) in [5.41, 5.74) is 3.32. The highest BCUT2D eigenvalue weighted by Crippen LogP contribution is 2.17. The second kappa shape index (κ2) is 4.82. The number of rotatable bonds is 3. The van der Waals surface area contributed by atoms with Gasteiger partial charge in [-0.05, 0) is 31.7 Å². The summed E-state index contributed by atoms with van der Waals surface area (Å²) in [5.74, 6) is 0.860. The molecule has 0 saturated heterocycles. The molecule has 4 nitrogen and oxygen atoms in total. The monoisotopic (exact) mass is 252 g/mol. The van der Waals surface area contributed by atoms with Gasteiger partial charge >= 0.3 is 0 Å². The number of benzene rings is 1. The van der Waals surface area contributed by atoms with E-state index in [1.54, 1.807) is 0 Å². The second-order valence-electron chi connectivity index (χ2n) is 4.56. The minimum absolute atomic E-state index is 0.832. The van der Waals surface area contributed by atoms with E-state index in [0.29, 0.717) is 0 Å². The van der Waals surface area contributed by atoms with Gasteiger partial charge in [0, 0.05) is 17.6 Å². The van der Waals surface area contributed by atoms with E-state index < -0.39 is 0 Å². The summed E-state index contributed by atoms with van der Waals surface area (Å²) in [6, 6.07) is 12.3. The molecule has 1 N–H and O–H groups in total. The molecule has 0 radical (unpaired) electrons. The normalized spacial score (nSPS) is 11.1. The zero-order chi connectivity index (χ0) is 13.2. The van der Waals surface area contributed by atoms with Crippen LogP contribution in [0.25, 0.3) is 16.7 Å². The number of pyridine rings is 1. The predicted molar refractivity (Wildman–Crippen MR) is 76.4 cm³/mol. The third kappa shape index (κ3) is 2.11. The first-order valence-corrected chi connectivity index (χ1v) is 6.34. The molecule has 0 spiro atoms. The summed E-state index contributed by atoms with van der Waals surface area (Å²) in [5, 5.41) is 8.69. The van der Waals surface area contributed by atoms with Gasteiger partial charge in [-0.3, -0.25) is 0 Å². The number of hydrogen-bond donors (Lipinski definition) is 1. The topological polar surface area (TPSA) is 42.7 Å². The molecule has 2 aromatic heterocycles. The lowest BCUT2D eigenvalue weighted by Crippen LogP contribution is -2.09. The Balaban J connectivity index is 2.09. The van der Waals surface area contributed by atoms with Crippen LogP contribution in [0.15, 0.2) is 42.6 Å². The van der Waals surface area contributed by atoms with Crippen LogP contribution in [0.3, 0.4) is 0 Å². The van der Waals surface area contributed by atoms with Crippen LogP contribution < -0.4 is 5.32 Å². The van der Waals surface area contributed by atoms with E-state index in [1.165, 1.54) is 5.56 Å². The fraction of sp³-hybridized carbons (Fsp3) is 0.200. The molecule has 0 bridgehead atoms. The van der Waals surface area contributed by atoms with Crippen LogP contribution in [0.2, 0.25) is 0 Å². The van der Waals surface area contributed by atoms with Crippen molar-refractivity contribution in [1.29, 1.82) is 0 Å². The lowest BCUT2D eigenvalue weighted by atomic mass is 10.2. The van der Waals surface area contributed by atoms with Crippen LogP contribution in [0.4, 0.5) is 0 Å². The average molecular weight is 252 g/mol. The van der Waals surface area contributed by atoms with E-state index in [4.69, 9.17) is 0 Å². The number of nitrogens with zero attached hydrogens (tertiary/aromatic N) is 3. The van der Waals surface area contributed by atoms with Crippen LogP contribution in [0.1, 0.15) is 11.3 Å². The summed E-state index contributed by atoms with van der Waals surface area (Å²) in [6.45, 7) is 2.86. The van der Waals surface area contributed by atoms with Gasteiger partial charge in [-0.25, -0.2) is 9.67 Å². The standard InChI is InChI=1S/C15H16N4/c1-11-12(9-16-2)7-8-15(18-11)19-14-6-4-3-5-13(14)10-17-19/h3-8,10,16H,9H2,1-2H3. The van der Waals surface area contributed by atoms with Gasteiger partial charge in [0.2, 0.25) is 0 Å². The van der Waals surface area contributed by atoms with Crippen LogP contribution >= 0.6 is 0 Å². The van der Waals surface area contributed by atoms with Gasteiger partial charge in [0.05, 0.1) is 11.7 Å². The molecule has 0 aliphatic rings. The van der Waals surface area contributed by atoms with Gasteiger partial charge in [0.15, 0.2) is 5.82 Å². The maximum Gasteiger partial charge on any atom is 0.154 e. The quantitative estimate of drug-likeness (QED) is 0.778. The number of aryl methyl sites for hydroxylation is 1. The smallest absolute Gasteiger partial charge is 0.154 e. The zero-order valence-corrected chi connectivity index (χ0v) is 11.1. The molecule has 4 heteroatoms. The van der Waals surface area contributed by atoms with Crippen molar-refractivity contribution in [2.45, 2.75) is 13.5 Å². The lowest BCUT2D eigenvalue weighted by Gasteiger charge is -2.08. The van der Waals surface area contributed by atoms with Crippen molar-refractivity contribution < 1.29 is 0 Å². The van der Waals surface area contributed by atoms with Crippen molar-refractivity contribution in [1.82, 2.24) is 20.1 Å². The Kier molecular flexibility index (Phi) is 3.01. The molecule has 0 aliphatic heterocycles. The van der Waals surface area contributed by atoms with Crippen molar-refractivity contribution in [2.75, 3.05) is 7.05 Å². The maximum atomic E-state index is 4.64. The number of para-hydroxylation sites is 1. The highest BCUT2D eigenvalue weighted by molar-refractivity contribution is 5.79. The Bertz CT molecular complexity index is 715. The van der Waals surface area contributed by atoms with Crippen molar-refractivity contribution in [2.24, 2.45) is 0 Å². The van der Waals surface area contributed by atoms with Crippen LogP contribution in [0.5, 0.6) is 0 Å². The van der Waals surface area contributed by atoms with E-state index >= 15 is 0 Å². The number of hydrogen-bond acceptors (Lipinski definition) is 3. The summed E-state index contributed by atoms with van der Waals surface area (Å²) in [6.07, 6.45) is 1.87. The molecule has 0 amide bonds. The van der Waals surface area contributed by atoms with Crippen LogP contribution in [-0.4, -0.2) is 21.8 Å². The minimum Gasteiger partial charge on any atom is -0.316 e. The first kappa shape index (κ1) is 11.9. The summed E-state index contributed by atoms with van der Waals surface area (Å²) >= 11 is 0.